The van der Waals surface area contributed by atoms with Gasteiger partial charge in [0.1, 0.15) is 0 Å². The zero-order valence-electron chi connectivity index (χ0n) is 9.71. The Morgan fingerprint density at radius 2 is 1.89 bits per heavy atom. The van der Waals surface area contributed by atoms with Crippen molar-refractivity contribution in [3.63, 3.8) is 0 Å². The number of hydrogen-bond acceptors (Lipinski definition) is 2. The zero-order chi connectivity index (χ0) is 12.9. The molecular weight excluding hydrogens is 294 g/mol. The number of H-pyrrole nitrogens is 1. The number of carbonyl (C=O) groups excluding carboxylic acids is 2. The summed E-state index contributed by atoms with van der Waals surface area (Å²) in [7, 11) is 0. The van der Waals surface area contributed by atoms with Crippen LogP contribution in [0, 0.1) is 6.92 Å². The fraction of sp³-hybridized carbons (Fsp3) is 0.143. The standard InChI is InChI=1S/C14H10BrNO2/c1-7-12(8-4-2-3-5-9(8)16-7)13-10(17)6-11(18)14(13)15/h2-5,16H,6H2,1H3. The predicted octanol–water partition coefficient (Wildman–Crippen LogP) is 3.12. The third-order valence-electron chi connectivity index (χ3n) is 3.21. The molecule has 0 saturated heterocycles. The van der Waals surface area contributed by atoms with Crippen LogP contribution in [0.4, 0.5) is 0 Å². The van der Waals surface area contributed by atoms with Crippen molar-refractivity contribution >= 4 is 44.0 Å². The van der Waals surface area contributed by atoms with Gasteiger partial charge in [-0.1, -0.05) is 18.2 Å². The number of rotatable bonds is 1. The van der Waals surface area contributed by atoms with Crippen LogP contribution in [-0.2, 0) is 9.59 Å². The predicted molar refractivity (Wildman–Crippen MR) is 73.5 cm³/mol. The van der Waals surface area contributed by atoms with E-state index in [-0.39, 0.29) is 18.0 Å². The quantitative estimate of drug-likeness (QED) is 0.823. The number of hydrogen-bond donors (Lipinski definition) is 1. The normalized spacial score (nSPS) is 16.1. The van der Waals surface area contributed by atoms with Crippen LogP contribution in [0.3, 0.4) is 0 Å². The highest BCUT2D eigenvalue weighted by Crippen LogP contribution is 2.37. The van der Waals surface area contributed by atoms with Crippen molar-refractivity contribution in [1.29, 1.82) is 0 Å². The van der Waals surface area contributed by atoms with E-state index < -0.39 is 0 Å². The summed E-state index contributed by atoms with van der Waals surface area (Å²) in [5, 5.41) is 0.977. The maximum atomic E-state index is 12.0. The van der Waals surface area contributed by atoms with E-state index in [4.69, 9.17) is 0 Å². The lowest BCUT2D eigenvalue weighted by atomic mass is 10.0. The molecule has 2 aromatic rings. The van der Waals surface area contributed by atoms with E-state index >= 15 is 0 Å². The second-order valence-corrected chi connectivity index (χ2v) is 5.18. The first-order valence-electron chi connectivity index (χ1n) is 5.63. The number of carbonyl (C=O) groups is 2. The van der Waals surface area contributed by atoms with E-state index in [2.05, 4.69) is 20.9 Å². The van der Waals surface area contributed by atoms with Crippen molar-refractivity contribution in [2.45, 2.75) is 13.3 Å². The molecular formula is C14H10BrNO2. The molecule has 1 aliphatic carbocycles. The Hall–Kier alpha value is -1.68. The third kappa shape index (κ3) is 1.49. The van der Waals surface area contributed by atoms with E-state index in [0.717, 1.165) is 22.2 Å². The van der Waals surface area contributed by atoms with Crippen molar-refractivity contribution in [2.75, 3.05) is 0 Å². The Bertz CT molecular complexity index is 724. The summed E-state index contributed by atoms with van der Waals surface area (Å²) in [4.78, 5) is 26.8. The lowest BCUT2D eigenvalue weighted by molar-refractivity contribution is -0.120. The molecule has 0 atom stereocenters. The number of Topliss-reactive ketones (excluding diaryl/α,β-unsaturated/α-hetero) is 2. The summed E-state index contributed by atoms with van der Waals surface area (Å²) < 4.78 is 0.403. The van der Waals surface area contributed by atoms with Crippen molar-refractivity contribution in [3.8, 4) is 0 Å². The van der Waals surface area contributed by atoms with Crippen LogP contribution in [-0.4, -0.2) is 16.6 Å². The molecule has 1 aromatic carbocycles. The van der Waals surface area contributed by atoms with Crippen LogP contribution in [0.15, 0.2) is 28.7 Å². The molecule has 18 heavy (non-hydrogen) atoms. The van der Waals surface area contributed by atoms with Crippen LogP contribution in [0.5, 0.6) is 0 Å². The average Bonchev–Trinajstić information content (AvgIpc) is 2.77. The van der Waals surface area contributed by atoms with Gasteiger partial charge in [-0.25, -0.2) is 0 Å². The molecule has 0 fully saturated rings. The summed E-state index contributed by atoms with van der Waals surface area (Å²) in [6.45, 7) is 1.92. The minimum Gasteiger partial charge on any atom is -0.358 e. The summed E-state index contributed by atoms with van der Waals surface area (Å²) in [6.07, 6.45) is -0.0329. The Morgan fingerprint density at radius 3 is 2.56 bits per heavy atom. The number of aryl methyl sites for hydroxylation is 1. The number of halogens is 1. The number of aromatic amines is 1. The Balaban J connectivity index is 2.36. The van der Waals surface area contributed by atoms with E-state index in [0.29, 0.717) is 10.1 Å². The minimum atomic E-state index is -0.139. The summed E-state index contributed by atoms with van der Waals surface area (Å²) >= 11 is 3.25. The first-order valence-corrected chi connectivity index (χ1v) is 6.42. The fourth-order valence-electron chi connectivity index (χ4n) is 2.42. The first-order chi connectivity index (χ1) is 8.59. The molecule has 0 spiro atoms. The van der Waals surface area contributed by atoms with E-state index in [1.807, 2.05) is 31.2 Å². The highest BCUT2D eigenvalue weighted by Gasteiger charge is 2.32. The Labute approximate surface area is 112 Å². The SMILES string of the molecule is Cc1[nH]c2ccccc2c1C1=C(Br)C(=O)CC1=O. The monoisotopic (exact) mass is 303 g/mol. The van der Waals surface area contributed by atoms with Gasteiger partial charge in [-0.15, -0.1) is 0 Å². The lowest BCUT2D eigenvalue weighted by Crippen LogP contribution is -1.97. The maximum absolute atomic E-state index is 12.0. The van der Waals surface area contributed by atoms with E-state index in [1.165, 1.54) is 0 Å². The van der Waals surface area contributed by atoms with Gasteiger partial charge >= 0.3 is 0 Å². The second-order valence-electron chi connectivity index (χ2n) is 4.38. The smallest absolute Gasteiger partial charge is 0.178 e. The number of allylic oxidation sites excluding steroid dienone is 2. The van der Waals surface area contributed by atoms with Crippen molar-refractivity contribution < 1.29 is 9.59 Å². The number of nitrogens with one attached hydrogen (secondary N) is 1. The Morgan fingerprint density at radius 1 is 1.17 bits per heavy atom. The number of aromatic nitrogens is 1. The molecule has 1 heterocycles. The largest absolute Gasteiger partial charge is 0.358 e. The zero-order valence-corrected chi connectivity index (χ0v) is 11.3. The Kier molecular flexibility index (Phi) is 2.48. The van der Waals surface area contributed by atoms with Crippen LogP contribution in [0.1, 0.15) is 17.7 Å². The molecule has 0 aliphatic heterocycles. The van der Waals surface area contributed by atoms with Gasteiger partial charge in [-0.3, -0.25) is 9.59 Å². The summed E-state index contributed by atoms with van der Waals surface area (Å²) in [5.41, 5.74) is 3.24. The van der Waals surface area contributed by atoms with Gasteiger partial charge in [0.15, 0.2) is 11.6 Å². The number of ketones is 2. The van der Waals surface area contributed by atoms with Crippen LogP contribution < -0.4 is 0 Å². The van der Waals surface area contributed by atoms with Crippen molar-refractivity contribution in [1.82, 2.24) is 4.98 Å². The first kappa shape index (κ1) is 11.4. The van der Waals surface area contributed by atoms with Crippen LogP contribution in [0.25, 0.3) is 16.5 Å². The van der Waals surface area contributed by atoms with Gasteiger partial charge < -0.3 is 4.98 Å². The highest BCUT2D eigenvalue weighted by molar-refractivity contribution is 9.12. The molecule has 1 N–H and O–H groups in total. The minimum absolute atomic E-state index is 0.0329. The summed E-state index contributed by atoms with van der Waals surface area (Å²) in [5.74, 6) is -0.251. The van der Waals surface area contributed by atoms with Gasteiger partial charge in [0, 0.05) is 27.7 Å². The van der Waals surface area contributed by atoms with Crippen LogP contribution >= 0.6 is 15.9 Å². The van der Waals surface area contributed by atoms with Gasteiger partial charge in [-0.2, -0.15) is 0 Å². The van der Waals surface area contributed by atoms with Gasteiger partial charge in [0.05, 0.1) is 10.9 Å². The topological polar surface area (TPSA) is 49.9 Å². The molecule has 4 heteroatoms. The van der Waals surface area contributed by atoms with E-state index in [1.54, 1.807) is 0 Å². The molecule has 0 radical (unpaired) electrons. The molecule has 0 saturated carbocycles. The lowest BCUT2D eigenvalue weighted by Gasteiger charge is -2.01. The van der Waals surface area contributed by atoms with Gasteiger partial charge in [0.25, 0.3) is 0 Å². The average molecular weight is 304 g/mol. The molecule has 0 unspecified atom stereocenters. The van der Waals surface area contributed by atoms with Gasteiger partial charge in [-0.05, 0) is 28.9 Å². The molecule has 3 nitrogen and oxygen atoms in total. The fourth-order valence-corrected chi connectivity index (χ4v) is 2.98. The molecule has 0 bridgehead atoms. The number of benzene rings is 1. The summed E-state index contributed by atoms with van der Waals surface area (Å²) in [6, 6.07) is 7.78. The molecule has 3 rings (SSSR count). The van der Waals surface area contributed by atoms with Crippen molar-refractivity contribution in [3.05, 3.63) is 40.0 Å². The molecule has 1 aliphatic rings. The molecule has 0 amide bonds. The van der Waals surface area contributed by atoms with Crippen molar-refractivity contribution in [2.24, 2.45) is 0 Å². The third-order valence-corrected chi connectivity index (χ3v) is 4.05. The van der Waals surface area contributed by atoms with Gasteiger partial charge in [0.2, 0.25) is 0 Å². The number of para-hydroxylation sites is 1. The second kappa shape index (κ2) is 3.92. The van der Waals surface area contributed by atoms with Crippen LogP contribution in [0.2, 0.25) is 0 Å². The highest BCUT2D eigenvalue weighted by atomic mass is 79.9. The molecule has 90 valence electrons. The molecule has 1 aromatic heterocycles. The maximum Gasteiger partial charge on any atom is 0.178 e. The number of fused-ring (bicyclic) bond motifs is 1. The van der Waals surface area contributed by atoms with E-state index in [9.17, 15) is 9.59 Å².